The van der Waals surface area contributed by atoms with Crippen LogP contribution in [0, 0.1) is 0 Å². The highest BCUT2D eigenvalue weighted by molar-refractivity contribution is 6.07. The summed E-state index contributed by atoms with van der Waals surface area (Å²) in [6, 6.07) is 11.2. The van der Waals surface area contributed by atoms with Crippen LogP contribution in [0.25, 0.3) is 22.0 Å². The number of fused-ring (bicyclic) bond motifs is 1. The first-order valence-corrected chi connectivity index (χ1v) is 10.5. The fourth-order valence-corrected chi connectivity index (χ4v) is 3.58. The number of phenolic OH excluding ortho intramolecular Hbond substituents is 1. The molecular formula is C25H20N4O6. The number of amides is 1. The van der Waals surface area contributed by atoms with Crippen molar-refractivity contribution < 1.29 is 29.3 Å². The van der Waals surface area contributed by atoms with Crippen LogP contribution in [0.5, 0.6) is 5.75 Å². The van der Waals surface area contributed by atoms with Crippen molar-refractivity contribution in [2.45, 2.75) is 12.5 Å². The van der Waals surface area contributed by atoms with Crippen molar-refractivity contribution in [3.8, 4) is 16.9 Å². The summed E-state index contributed by atoms with van der Waals surface area (Å²) in [4.78, 5) is 49.6. The van der Waals surface area contributed by atoms with Crippen molar-refractivity contribution in [2.75, 3.05) is 7.11 Å². The van der Waals surface area contributed by atoms with Crippen LogP contribution in [0.15, 0.2) is 67.3 Å². The Hall–Kier alpha value is -4.86. The molecule has 1 atom stereocenters. The van der Waals surface area contributed by atoms with Crippen molar-refractivity contribution in [2.24, 2.45) is 0 Å². The van der Waals surface area contributed by atoms with Gasteiger partial charge in [0.1, 0.15) is 23.8 Å². The van der Waals surface area contributed by atoms with E-state index < -0.39 is 23.9 Å². The molecule has 0 saturated heterocycles. The first-order valence-electron chi connectivity index (χ1n) is 10.5. The summed E-state index contributed by atoms with van der Waals surface area (Å²) in [6.45, 7) is 0. The fraction of sp³-hybridized carbons (Fsp3) is 0.120. The van der Waals surface area contributed by atoms with Gasteiger partial charge in [-0.05, 0) is 41.5 Å². The molecule has 0 aliphatic rings. The van der Waals surface area contributed by atoms with E-state index in [0.29, 0.717) is 27.6 Å². The predicted molar refractivity (Wildman–Crippen MR) is 125 cm³/mol. The van der Waals surface area contributed by atoms with Crippen LogP contribution in [-0.4, -0.2) is 56.2 Å². The highest BCUT2D eigenvalue weighted by Gasteiger charge is 2.25. The number of hydrogen-bond donors (Lipinski definition) is 3. The van der Waals surface area contributed by atoms with Gasteiger partial charge in [-0.3, -0.25) is 4.79 Å². The van der Waals surface area contributed by atoms with E-state index in [-0.39, 0.29) is 23.4 Å². The Morgan fingerprint density at radius 2 is 1.71 bits per heavy atom. The molecule has 3 N–H and O–H groups in total. The molecule has 176 valence electrons. The number of pyridine rings is 1. The molecule has 0 bridgehead atoms. The predicted octanol–water partition coefficient (Wildman–Crippen LogP) is 2.61. The van der Waals surface area contributed by atoms with Crippen LogP contribution in [0.4, 0.5) is 0 Å². The summed E-state index contributed by atoms with van der Waals surface area (Å²) in [7, 11) is 1.20. The van der Waals surface area contributed by atoms with E-state index in [0.717, 1.165) is 0 Å². The smallest absolute Gasteiger partial charge is 0.336 e. The minimum atomic E-state index is -1.23. The molecule has 0 saturated carbocycles. The molecular weight excluding hydrogens is 452 g/mol. The minimum absolute atomic E-state index is 0.0666. The second-order valence-electron chi connectivity index (χ2n) is 7.64. The number of rotatable bonds is 7. The number of carboxylic acid groups (broad SMARTS) is 1. The number of carbonyl (C=O) groups is 3. The lowest BCUT2D eigenvalue weighted by atomic mass is 10.0. The lowest BCUT2D eigenvalue weighted by molar-refractivity contribution is -0.142. The van der Waals surface area contributed by atoms with Crippen molar-refractivity contribution in [1.29, 1.82) is 0 Å². The van der Waals surface area contributed by atoms with Gasteiger partial charge in [0.25, 0.3) is 5.91 Å². The average molecular weight is 472 g/mol. The number of phenols is 1. The van der Waals surface area contributed by atoms with Gasteiger partial charge >= 0.3 is 11.9 Å². The topological polar surface area (TPSA) is 152 Å². The summed E-state index contributed by atoms with van der Waals surface area (Å²) < 4.78 is 4.80. The number of aromatic nitrogens is 3. The number of hydrogen-bond acceptors (Lipinski definition) is 8. The lowest BCUT2D eigenvalue weighted by Crippen LogP contribution is -2.43. The van der Waals surface area contributed by atoms with Gasteiger partial charge < -0.3 is 20.3 Å². The summed E-state index contributed by atoms with van der Waals surface area (Å²) in [6.07, 6.45) is 4.69. The molecule has 2 aromatic carbocycles. The van der Waals surface area contributed by atoms with E-state index in [1.807, 2.05) is 0 Å². The number of carboxylic acids is 1. The maximum atomic E-state index is 13.0. The van der Waals surface area contributed by atoms with Crippen LogP contribution in [0.3, 0.4) is 0 Å². The number of ether oxygens (including phenoxy) is 1. The molecule has 10 nitrogen and oxygen atoms in total. The second kappa shape index (κ2) is 9.96. The molecule has 0 spiro atoms. The Kier molecular flexibility index (Phi) is 6.63. The average Bonchev–Trinajstić information content (AvgIpc) is 2.88. The molecule has 2 aromatic heterocycles. The number of aromatic carboxylic acids is 1. The van der Waals surface area contributed by atoms with Crippen LogP contribution in [0.1, 0.15) is 26.4 Å². The van der Waals surface area contributed by atoms with Crippen molar-refractivity contribution in [1.82, 2.24) is 20.3 Å². The van der Waals surface area contributed by atoms with Gasteiger partial charge in [-0.15, -0.1) is 0 Å². The SMILES string of the molecule is COC(=O)[C@H](Cc1ccc(O)cc1)NC(=O)c1cc(C(=O)O)c2cc(-c3cncnc3)ccc2n1. The highest BCUT2D eigenvalue weighted by atomic mass is 16.5. The molecule has 0 unspecified atom stereocenters. The first kappa shape index (κ1) is 23.3. The van der Waals surface area contributed by atoms with E-state index in [1.54, 1.807) is 42.7 Å². The number of nitrogens with zero attached hydrogens (tertiary/aromatic N) is 3. The number of nitrogens with one attached hydrogen (secondary N) is 1. The summed E-state index contributed by atoms with van der Waals surface area (Å²) in [5.41, 5.74) is 2.08. The van der Waals surface area contributed by atoms with Gasteiger partial charge in [0.05, 0.1) is 18.2 Å². The summed E-state index contributed by atoms with van der Waals surface area (Å²) >= 11 is 0. The zero-order valence-corrected chi connectivity index (χ0v) is 18.5. The molecule has 10 heteroatoms. The van der Waals surface area contributed by atoms with Crippen LogP contribution in [-0.2, 0) is 16.0 Å². The number of esters is 1. The van der Waals surface area contributed by atoms with Gasteiger partial charge in [-0.1, -0.05) is 18.2 Å². The third-order valence-corrected chi connectivity index (χ3v) is 5.33. The number of benzene rings is 2. The Morgan fingerprint density at radius 3 is 2.37 bits per heavy atom. The molecule has 1 amide bonds. The van der Waals surface area contributed by atoms with Gasteiger partial charge in [0.15, 0.2) is 0 Å². The third kappa shape index (κ3) is 5.22. The Bertz CT molecular complexity index is 1410. The van der Waals surface area contributed by atoms with Gasteiger partial charge in [-0.2, -0.15) is 0 Å². The van der Waals surface area contributed by atoms with E-state index in [2.05, 4.69) is 20.3 Å². The van der Waals surface area contributed by atoms with E-state index in [4.69, 9.17) is 4.74 Å². The molecule has 0 aliphatic heterocycles. The van der Waals surface area contributed by atoms with Gasteiger partial charge in [0.2, 0.25) is 0 Å². The largest absolute Gasteiger partial charge is 0.508 e. The number of aromatic hydroxyl groups is 1. The lowest BCUT2D eigenvalue weighted by Gasteiger charge is -2.17. The van der Waals surface area contributed by atoms with Crippen LogP contribution >= 0.6 is 0 Å². The Labute approximate surface area is 199 Å². The molecule has 35 heavy (non-hydrogen) atoms. The van der Waals surface area contributed by atoms with Gasteiger partial charge in [0, 0.05) is 29.8 Å². The second-order valence-corrected chi connectivity index (χ2v) is 7.64. The number of carbonyl (C=O) groups excluding carboxylic acids is 2. The monoisotopic (exact) mass is 472 g/mol. The zero-order valence-electron chi connectivity index (χ0n) is 18.5. The Morgan fingerprint density at radius 1 is 1.00 bits per heavy atom. The summed E-state index contributed by atoms with van der Waals surface area (Å²) in [5.74, 6) is -2.58. The van der Waals surface area contributed by atoms with E-state index >= 15 is 0 Å². The summed E-state index contributed by atoms with van der Waals surface area (Å²) in [5, 5.41) is 22.2. The molecule has 0 fully saturated rings. The first-order chi connectivity index (χ1) is 16.9. The quantitative estimate of drug-likeness (QED) is 0.345. The van der Waals surface area contributed by atoms with Crippen molar-refractivity contribution >= 4 is 28.7 Å². The maximum absolute atomic E-state index is 13.0. The van der Waals surface area contributed by atoms with Gasteiger partial charge in [-0.25, -0.2) is 24.5 Å². The van der Waals surface area contributed by atoms with Crippen LogP contribution in [0.2, 0.25) is 0 Å². The zero-order chi connectivity index (χ0) is 24.9. The van der Waals surface area contributed by atoms with E-state index in [9.17, 15) is 24.6 Å². The minimum Gasteiger partial charge on any atom is -0.508 e. The molecule has 4 rings (SSSR count). The molecule has 0 radical (unpaired) electrons. The molecule has 4 aromatic rings. The van der Waals surface area contributed by atoms with E-state index in [1.165, 1.54) is 31.6 Å². The van der Waals surface area contributed by atoms with Crippen molar-refractivity contribution in [3.63, 3.8) is 0 Å². The van der Waals surface area contributed by atoms with Crippen LogP contribution < -0.4 is 5.32 Å². The Balaban J connectivity index is 1.67. The molecule has 2 heterocycles. The van der Waals surface area contributed by atoms with Crippen molar-refractivity contribution in [3.05, 3.63) is 84.1 Å². The molecule has 0 aliphatic carbocycles. The third-order valence-electron chi connectivity index (χ3n) is 5.33. The maximum Gasteiger partial charge on any atom is 0.336 e. The number of methoxy groups -OCH3 is 1. The standard InChI is InChI=1S/C25H20N4O6/c1-35-25(34)22(8-14-2-5-17(30)6-3-14)29-23(31)21-10-19(24(32)33)18-9-15(4-7-20(18)28-21)16-11-26-13-27-12-16/h2-7,9-13,22,30H,8H2,1H3,(H,29,31)(H,32,33)/t22-/m0/s1. The highest BCUT2D eigenvalue weighted by Crippen LogP contribution is 2.26. The fourth-order valence-electron chi connectivity index (χ4n) is 3.58. The normalized spacial score (nSPS) is 11.6.